The van der Waals surface area contributed by atoms with Gasteiger partial charge in [0.25, 0.3) is 5.91 Å². The molecule has 6 nitrogen and oxygen atoms in total. The lowest BCUT2D eigenvalue weighted by Crippen LogP contribution is -2.55. The van der Waals surface area contributed by atoms with E-state index in [1.807, 2.05) is 0 Å². The standard InChI is InChI=1S/C20H19F3N2O4/c1-19(18(28)29,11-13-5-3-2-4-6-13)25-16(26)12-24-17(27)14-7-9-15(10-8-14)20(21,22)23/h2-10H,11-12H2,1H3,(H,24,27)(H,25,26)(H,28,29)/t19-/m0/s1. The Morgan fingerprint density at radius 3 is 2.07 bits per heavy atom. The molecule has 1 atom stereocenters. The molecule has 2 amide bonds. The van der Waals surface area contributed by atoms with Crippen LogP contribution in [0.1, 0.15) is 28.4 Å². The van der Waals surface area contributed by atoms with Crippen molar-refractivity contribution < 1.29 is 32.7 Å². The first-order valence-electron chi connectivity index (χ1n) is 8.55. The number of halogens is 3. The average molecular weight is 408 g/mol. The molecular weight excluding hydrogens is 389 g/mol. The van der Waals surface area contributed by atoms with Crippen LogP contribution in [-0.4, -0.2) is 35.0 Å². The minimum atomic E-state index is -4.52. The molecule has 0 saturated heterocycles. The summed E-state index contributed by atoms with van der Waals surface area (Å²) in [6, 6.07) is 12.2. The molecule has 0 aliphatic carbocycles. The van der Waals surface area contributed by atoms with Crippen molar-refractivity contribution in [2.75, 3.05) is 6.54 Å². The lowest BCUT2D eigenvalue weighted by Gasteiger charge is -2.26. The zero-order valence-electron chi connectivity index (χ0n) is 15.4. The number of carboxylic acids is 1. The van der Waals surface area contributed by atoms with E-state index in [9.17, 15) is 32.7 Å². The van der Waals surface area contributed by atoms with Crippen LogP contribution in [-0.2, 0) is 22.2 Å². The van der Waals surface area contributed by atoms with Gasteiger partial charge in [0.2, 0.25) is 5.91 Å². The number of amides is 2. The van der Waals surface area contributed by atoms with Gasteiger partial charge in [-0.05, 0) is 36.8 Å². The Kier molecular flexibility index (Phi) is 6.63. The highest BCUT2D eigenvalue weighted by atomic mass is 19.4. The van der Waals surface area contributed by atoms with E-state index in [0.29, 0.717) is 5.56 Å². The molecule has 154 valence electrons. The molecule has 0 bridgehead atoms. The van der Waals surface area contributed by atoms with Crippen LogP contribution in [0.5, 0.6) is 0 Å². The smallest absolute Gasteiger partial charge is 0.416 e. The van der Waals surface area contributed by atoms with Crippen LogP contribution in [0.3, 0.4) is 0 Å². The predicted molar refractivity (Wildman–Crippen MR) is 98.1 cm³/mol. The molecule has 2 aromatic carbocycles. The van der Waals surface area contributed by atoms with Crippen LogP contribution < -0.4 is 10.6 Å². The number of benzene rings is 2. The van der Waals surface area contributed by atoms with E-state index in [1.54, 1.807) is 30.3 Å². The number of nitrogens with one attached hydrogen (secondary N) is 2. The van der Waals surface area contributed by atoms with Crippen molar-refractivity contribution in [2.45, 2.75) is 25.1 Å². The number of hydrogen-bond acceptors (Lipinski definition) is 3. The van der Waals surface area contributed by atoms with Crippen LogP contribution in [0.4, 0.5) is 13.2 Å². The van der Waals surface area contributed by atoms with Gasteiger partial charge in [0, 0.05) is 12.0 Å². The summed E-state index contributed by atoms with van der Waals surface area (Å²) in [6.07, 6.45) is -4.49. The molecule has 0 fully saturated rings. The van der Waals surface area contributed by atoms with E-state index in [0.717, 1.165) is 24.3 Å². The van der Waals surface area contributed by atoms with E-state index in [2.05, 4.69) is 10.6 Å². The second-order valence-electron chi connectivity index (χ2n) is 6.61. The quantitative estimate of drug-likeness (QED) is 0.656. The molecule has 2 aromatic rings. The molecule has 0 aromatic heterocycles. The number of rotatable bonds is 7. The van der Waals surface area contributed by atoms with E-state index in [1.165, 1.54) is 6.92 Å². The molecule has 0 heterocycles. The van der Waals surface area contributed by atoms with Crippen LogP contribution in [0.25, 0.3) is 0 Å². The molecule has 0 spiro atoms. The Hall–Kier alpha value is -3.36. The van der Waals surface area contributed by atoms with Gasteiger partial charge in [0.15, 0.2) is 0 Å². The van der Waals surface area contributed by atoms with Crippen molar-refractivity contribution in [1.82, 2.24) is 10.6 Å². The van der Waals surface area contributed by atoms with Gasteiger partial charge in [-0.15, -0.1) is 0 Å². The summed E-state index contributed by atoms with van der Waals surface area (Å²) in [5, 5.41) is 14.1. The first-order valence-corrected chi connectivity index (χ1v) is 8.55. The highest BCUT2D eigenvalue weighted by molar-refractivity contribution is 5.97. The van der Waals surface area contributed by atoms with E-state index >= 15 is 0 Å². The fourth-order valence-electron chi connectivity index (χ4n) is 2.60. The van der Waals surface area contributed by atoms with E-state index in [4.69, 9.17) is 0 Å². The Labute approximate surface area is 164 Å². The average Bonchev–Trinajstić information content (AvgIpc) is 2.66. The SMILES string of the molecule is C[C@@](Cc1ccccc1)(NC(=O)CNC(=O)c1ccc(C(F)(F)F)cc1)C(=O)O. The highest BCUT2D eigenvalue weighted by Crippen LogP contribution is 2.29. The Balaban J connectivity index is 1.96. The topological polar surface area (TPSA) is 95.5 Å². The number of carbonyl (C=O) groups excluding carboxylic acids is 2. The number of aliphatic carboxylic acids is 1. The van der Waals surface area contributed by atoms with Crippen LogP contribution in [0, 0.1) is 0 Å². The summed E-state index contributed by atoms with van der Waals surface area (Å²) >= 11 is 0. The normalized spacial score (nSPS) is 13.2. The zero-order chi connectivity index (χ0) is 21.7. The number of alkyl halides is 3. The van der Waals surface area contributed by atoms with Gasteiger partial charge in [-0.1, -0.05) is 30.3 Å². The predicted octanol–water partition coefficient (Wildman–Crippen LogP) is 2.64. The van der Waals surface area contributed by atoms with Crippen molar-refractivity contribution in [3.05, 3.63) is 71.3 Å². The third kappa shape index (κ3) is 6.06. The minimum absolute atomic E-state index is 0.0295. The summed E-state index contributed by atoms with van der Waals surface area (Å²) < 4.78 is 37.7. The van der Waals surface area contributed by atoms with Gasteiger partial charge in [-0.2, -0.15) is 13.2 Å². The van der Waals surface area contributed by atoms with E-state index in [-0.39, 0.29) is 12.0 Å². The Morgan fingerprint density at radius 2 is 1.55 bits per heavy atom. The number of carboxylic acid groups (broad SMARTS) is 1. The molecule has 3 N–H and O–H groups in total. The molecule has 0 radical (unpaired) electrons. The minimum Gasteiger partial charge on any atom is -0.480 e. The molecule has 0 unspecified atom stereocenters. The van der Waals surface area contributed by atoms with Crippen LogP contribution >= 0.6 is 0 Å². The second-order valence-corrected chi connectivity index (χ2v) is 6.61. The maximum absolute atomic E-state index is 12.6. The maximum Gasteiger partial charge on any atom is 0.416 e. The second kappa shape index (κ2) is 8.76. The van der Waals surface area contributed by atoms with Crippen molar-refractivity contribution in [3.63, 3.8) is 0 Å². The number of hydrogen-bond donors (Lipinski definition) is 3. The van der Waals surface area contributed by atoms with Crippen LogP contribution in [0.2, 0.25) is 0 Å². The summed E-state index contributed by atoms with van der Waals surface area (Å²) in [7, 11) is 0. The van der Waals surface area contributed by atoms with Crippen molar-refractivity contribution in [1.29, 1.82) is 0 Å². The summed E-state index contributed by atoms with van der Waals surface area (Å²) in [5.74, 6) is -2.75. The van der Waals surface area contributed by atoms with Crippen molar-refractivity contribution in [3.8, 4) is 0 Å². The van der Waals surface area contributed by atoms with E-state index < -0.39 is 41.6 Å². The molecule has 2 rings (SSSR count). The van der Waals surface area contributed by atoms with Gasteiger partial charge in [-0.3, -0.25) is 9.59 Å². The monoisotopic (exact) mass is 408 g/mol. The van der Waals surface area contributed by atoms with Gasteiger partial charge in [-0.25, -0.2) is 4.79 Å². The summed E-state index contributed by atoms with van der Waals surface area (Å²) in [5.41, 5.74) is -1.86. The molecule has 0 saturated carbocycles. The lowest BCUT2D eigenvalue weighted by atomic mass is 9.93. The summed E-state index contributed by atoms with van der Waals surface area (Å²) in [6.45, 7) is 0.815. The van der Waals surface area contributed by atoms with Crippen LogP contribution in [0.15, 0.2) is 54.6 Å². The van der Waals surface area contributed by atoms with Gasteiger partial charge in [0.1, 0.15) is 5.54 Å². The first-order chi connectivity index (χ1) is 13.5. The largest absolute Gasteiger partial charge is 0.480 e. The summed E-state index contributed by atoms with van der Waals surface area (Å²) in [4.78, 5) is 35.8. The lowest BCUT2D eigenvalue weighted by molar-refractivity contribution is -0.146. The first kappa shape index (κ1) is 21.9. The molecule has 0 aliphatic heterocycles. The zero-order valence-corrected chi connectivity index (χ0v) is 15.4. The molecule has 9 heteroatoms. The molecular formula is C20H19F3N2O4. The highest BCUT2D eigenvalue weighted by Gasteiger charge is 2.35. The fraction of sp³-hybridized carbons (Fsp3) is 0.250. The van der Waals surface area contributed by atoms with Gasteiger partial charge < -0.3 is 15.7 Å². The number of carbonyl (C=O) groups is 3. The fourth-order valence-corrected chi connectivity index (χ4v) is 2.60. The maximum atomic E-state index is 12.6. The molecule has 29 heavy (non-hydrogen) atoms. The Morgan fingerprint density at radius 1 is 0.966 bits per heavy atom. The van der Waals surface area contributed by atoms with Crippen molar-refractivity contribution >= 4 is 17.8 Å². The van der Waals surface area contributed by atoms with Crippen molar-refractivity contribution in [2.24, 2.45) is 0 Å². The van der Waals surface area contributed by atoms with Gasteiger partial charge in [0.05, 0.1) is 12.1 Å². The Bertz CT molecular complexity index is 883. The third-order valence-electron chi connectivity index (χ3n) is 4.17. The molecule has 0 aliphatic rings. The van der Waals surface area contributed by atoms with Gasteiger partial charge >= 0.3 is 12.1 Å². The third-order valence-corrected chi connectivity index (χ3v) is 4.17.